The lowest BCUT2D eigenvalue weighted by Gasteiger charge is -2.13. The van der Waals surface area contributed by atoms with Crippen LogP contribution in [-0.2, 0) is 18.3 Å². The molecule has 2 amide bonds. The first-order valence-corrected chi connectivity index (χ1v) is 10.2. The van der Waals surface area contributed by atoms with E-state index in [1.807, 2.05) is 6.07 Å². The number of carbonyl (C=O) groups excluding carboxylic acids is 2. The summed E-state index contributed by atoms with van der Waals surface area (Å²) < 4.78 is 0. The lowest BCUT2D eigenvalue weighted by Crippen LogP contribution is -2.41. The third-order valence-corrected chi connectivity index (χ3v) is 6.79. The zero-order chi connectivity index (χ0) is 18.0. The van der Waals surface area contributed by atoms with E-state index in [0.717, 1.165) is 17.8 Å². The molecule has 0 aliphatic heterocycles. The molecule has 3 rings (SSSR count). The molecular weight excluding hydrogens is 354 g/mol. The van der Waals surface area contributed by atoms with Crippen molar-refractivity contribution >= 4 is 34.5 Å². The van der Waals surface area contributed by atoms with E-state index in [9.17, 15) is 9.59 Å². The zero-order valence-electron chi connectivity index (χ0n) is 14.8. The lowest BCUT2D eigenvalue weighted by molar-refractivity contribution is 0.0851. The SMILES string of the molecule is CC(C)(C)c1ncc(C(=O)NNC(=O)c2cc3c(s2)CCCCC3)s1. The van der Waals surface area contributed by atoms with Crippen LogP contribution in [0, 0.1) is 0 Å². The molecule has 5 nitrogen and oxygen atoms in total. The second-order valence-electron chi connectivity index (χ2n) is 7.31. The first-order chi connectivity index (χ1) is 11.8. The van der Waals surface area contributed by atoms with Crippen molar-refractivity contribution in [2.24, 2.45) is 0 Å². The van der Waals surface area contributed by atoms with Crippen molar-refractivity contribution in [3.63, 3.8) is 0 Å². The Bertz CT molecular complexity index is 763. The average Bonchev–Trinajstić information content (AvgIpc) is 3.15. The van der Waals surface area contributed by atoms with Crippen LogP contribution in [0.1, 0.15) is 74.8 Å². The van der Waals surface area contributed by atoms with Gasteiger partial charge in [0.05, 0.1) is 16.1 Å². The summed E-state index contributed by atoms with van der Waals surface area (Å²) >= 11 is 2.89. The number of rotatable bonds is 2. The first-order valence-electron chi connectivity index (χ1n) is 8.53. The van der Waals surface area contributed by atoms with Gasteiger partial charge in [0, 0.05) is 10.3 Å². The highest BCUT2D eigenvalue weighted by molar-refractivity contribution is 7.14. The number of amides is 2. The minimum atomic E-state index is -0.334. The van der Waals surface area contributed by atoms with Gasteiger partial charge in [-0.15, -0.1) is 22.7 Å². The van der Waals surface area contributed by atoms with E-state index in [4.69, 9.17) is 0 Å². The summed E-state index contributed by atoms with van der Waals surface area (Å²) in [6.07, 6.45) is 7.28. The fraction of sp³-hybridized carbons (Fsp3) is 0.500. The van der Waals surface area contributed by atoms with Gasteiger partial charge in [0.1, 0.15) is 4.88 Å². The number of aryl methyl sites for hydroxylation is 2. The highest BCUT2D eigenvalue weighted by Gasteiger charge is 2.21. The van der Waals surface area contributed by atoms with Crippen molar-refractivity contribution in [2.75, 3.05) is 0 Å². The summed E-state index contributed by atoms with van der Waals surface area (Å²) in [5.41, 5.74) is 6.21. The first kappa shape index (κ1) is 18.1. The Hall–Kier alpha value is -1.73. The van der Waals surface area contributed by atoms with Crippen molar-refractivity contribution < 1.29 is 9.59 Å². The second kappa shape index (κ2) is 7.25. The predicted octanol–water partition coefficient (Wildman–Crippen LogP) is 3.85. The summed E-state index contributed by atoms with van der Waals surface area (Å²) in [5.74, 6) is -0.591. The van der Waals surface area contributed by atoms with Crippen molar-refractivity contribution in [2.45, 2.75) is 58.3 Å². The molecule has 2 N–H and O–H groups in total. The standard InChI is InChI=1S/C18H23N3O2S2/c1-18(2,3)17-19-10-14(25-17)16(23)21-20-15(22)13-9-11-7-5-4-6-8-12(11)24-13/h9-10H,4-8H2,1-3H3,(H,20,22)(H,21,23). The highest BCUT2D eigenvalue weighted by Crippen LogP contribution is 2.29. The van der Waals surface area contributed by atoms with E-state index in [-0.39, 0.29) is 17.2 Å². The van der Waals surface area contributed by atoms with Crippen molar-refractivity contribution in [1.82, 2.24) is 15.8 Å². The molecule has 134 valence electrons. The number of nitrogens with one attached hydrogen (secondary N) is 2. The Balaban J connectivity index is 1.60. The molecular formula is C18H23N3O2S2. The summed E-state index contributed by atoms with van der Waals surface area (Å²) in [4.78, 5) is 31.3. The van der Waals surface area contributed by atoms with Crippen LogP contribution < -0.4 is 10.9 Å². The van der Waals surface area contributed by atoms with Crippen LogP contribution in [0.15, 0.2) is 12.3 Å². The number of carbonyl (C=O) groups is 2. The summed E-state index contributed by atoms with van der Waals surface area (Å²) in [5, 5.41) is 0.894. The van der Waals surface area contributed by atoms with E-state index >= 15 is 0 Å². The Kier molecular flexibility index (Phi) is 5.24. The van der Waals surface area contributed by atoms with Gasteiger partial charge in [-0.05, 0) is 37.3 Å². The number of hydrogen-bond acceptors (Lipinski definition) is 5. The molecule has 1 aliphatic carbocycles. The monoisotopic (exact) mass is 377 g/mol. The number of aromatic nitrogens is 1. The molecule has 2 aromatic heterocycles. The van der Waals surface area contributed by atoms with Crippen molar-refractivity contribution in [3.8, 4) is 0 Å². The highest BCUT2D eigenvalue weighted by atomic mass is 32.1. The van der Waals surface area contributed by atoms with E-state index in [0.29, 0.717) is 9.75 Å². The van der Waals surface area contributed by atoms with Crippen LogP contribution in [-0.4, -0.2) is 16.8 Å². The van der Waals surface area contributed by atoms with Crippen LogP contribution in [0.5, 0.6) is 0 Å². The Labute approximate surface area is 155 Å². The Morgan fingerprint density at radius 3 is 2.36 bits per heavy atom. The molecule has 0 fully saturated rings. The summed E-state index contributed by atoms with van der Waals surface area (Å²) in [7, 11) is 0. The molecule has 0 atom stereocenters. The molecule has 2 heterocycles. The molecule has 0 saturated heterocycles. The summed E-state index contributed by atoms with van der Waals surface area (Å²) in [6.45, 7) is 6.16. The molecule has 0 spiro atoms. The number of thiophene rings is 1. The van der Waals surface area contributed by atoms with Gasteiger partial charge in [0.2, 0.25) is 0 Å². The number of nitrogens with zero attached hydrogens (tertiary/aromatic N) is 1. The third-order valence-electron chi connectivity index (χ3n) is 4.13. The van der Waals surface area contributed by atoms with Gasteiger partial charge in [0.25, 0.3) is 11.8 Å². The maximum atomic E-state index is 12.3. The zero-order valence-corrected chi connectivity index (χ0v) is 16.4. The minimum absolute atomic E-state index is 0.0960. The van der Waals surface area contributed by atoms with Crippen LogP contribution in [0.2, 0.25) is 0 Å². The fourth-order valence-corrected chi connectivity index (χ4v) is 4.76. The fourth-order valence-electron chi connectivity index (χ4n) is 2.74. The number of hydrazine groups is 1. The summed E-state index contributed by atoms with van der Waals surface area (Å²) in [6, 6.07) is 1.97. The molecule has 2 aromatic rings. The third kappa shape index (κ3) is 4.27. The molecule has 0 aromatic carbocycles. The smallest absolute Gasteiger partial charge is 0.266 e. The Morgan fingerprint density at radius 1 is 1.00 bits per heavy atom. The second-order valence-corrected chi connectivity index (χ2v) is 9.48. The number of fused-ring (bicyclic) bond motifs is 1. The van der Waals surface area contributed by atoms with Gasteiger partial charge in [-0.3, -0.25) is 20.4 Å². The van der Waals surface area contributed by atoms with E-state index < -0.39 is 0 Å². The van der Waals surface area contributed by atoms with Crippen LogP contribution in [0.3, 0.4) is 0 Å². The van der Waals surface area contributed by atoms with Crippen molar-refractivity contribution in [3.05, 3.63) is 37.5 Å². The number of hydrogen-bond donors (Lipinski definition) is 2. The van der Waals surface area contributed by atoms with Crippen LogP contribution >= 0.6 is 22.7 Å². The maximum Gasteiger partial charge on any atom is 0.281 e. The topological polar surface area (TPSA) is 71.1 Å². The average molecular weight is 378 g/mol. The molecule has 7 heteroatoms. The number of thiazole rings is 1. The molecule has 25 heavy (non-hydrogen) atoms. The van der Waals surface area contributed by atoms with Gasteiger partial charge in [-0.2, -0.15) is 0 Å². The maximum absolute atomic E-state index is 12.3. The van der Waals surface area contributed by atoms with E-state index in [2.05, 4.69) is 36.6 Å². The predicted molar refractivity (Wildman–Crippen MR) is 101 cm³/mol. The van der Waals surface area contributed by atoms with Gasteiger partial charge in [0.15, 0.2) is 0 Å². The van der Waals surface area contributed by atoms with Crippen molar-refractivity contribution in [1.29, 1.82) is 0 Å². The van der Waals surface area contributed by atoms with Gasteiger partial charge in [-0.1, -0.05) is 27.2 Å². The molecule has 0 radical (unpaired) electrons. The minimum Gasteiger partial charge on any atom is -0.266 e. The molecule has 1 aliphatic rings. The normalized spacial score (nSPS) is 14.5. The molecule has 0 bridgehead atoms. The quantitative estimate of drug-likeness (QED) is 0.617. The van der Waals surface area contributed by atoms with Gasteiger partial charge < -0.3 is 0 Å². The van der Waals surface area contributed by atoms with E-state index in [1.165, 1.54) is 52.4 Å². The van der Waals surface area contributed by atoms with Gasteiger partial charge in [-0.25, -0.2) is 4.98 Å². The van der Waals surface area contributed by atoms with Crippen LogP contribution in [0.4, 0.5) is 0 Å². The van der Waals surface area contributed by atoms with Crippen LogP contribution in [0.25, 0.3) is 0 Å². The lowest BCUT2D eigenvalue weighted by atomic mass is 9.98. The Morgan fingerprint density at radius 2 is 1.68 bits per heavy atom. The van der Waals surface area contributed by atoms with Gasteiger partial charge >= 0.3 is 0 Å². The largest absolute Gasteiger partial charge is 0.281 e. The van der Waals surface area contributed by atoms with E-state index in [1.54, 1.807) is 6.20 Å². The molecule has 0 unspecified atom stereocenters. The molecule has 0 saturated carbocycles.